The summed E-state index contributed by atoms with van der Waals surface area (Å²) >= 11 is 0. The summed E-state index contributed by atoms with van der Waals surface area (Å²) in [6, 6.07) is 13.3. The van der Waals surface area contributed by atoms with Crippen LogP contribution in [0.25, 0.3) is 0 Å². The highest BCUT2D eigenvalue weighted by molar-refractivity contribution is 5.95. The summed E-state index contributed by atoms with van der Waals surface area (Å²) in [4.78, 5) is 35.2. The number of nitrogens with zero attached hydrogens (tertiary/aromatic N) is 3. The number of ether oxygens (including phenoxy) is 1. The fraction of sp³-hybridized carbons (Fsp3) is 0.519. The van der Waals surface area contributed by atoms with E-state index >= 15 is 0 Å². The summed E-state index contributed by atoms with van der Waals surface area (Å²) in [5.41, 5.74) is 1.02. The molecule has 1 aromatic carbocycles. The molecule has 1 atom stereocenters. The highest BCUT2D eigenvalue weighted by atomic mass is 16.6. The summed E-state index contributed by atoms with van der Waals surface area (Å²) in [6.07, 6.45) is 8.40. The lowest BCUT2D eigenvalue weighted by molar-refractivity contribution is 0.0556. The van der Waals surface area contributed by atoms with Crippen LogP contribution in [0.15, 0.2) is 48.7 Å². The van der Waals surface area contributed by atoms with Crippen LogP contribution in [-0.2, 0) is 4.74 Å². The predicted octanol–water partition coefficient (Wildman–Crippen LogP) is 6.13. The van der Waals surface area contributed by atoms with E-state index < -0.39 is 5.60 Å². The Morgan fingerprint density at radius 3 is 2.39 bits per heavy atom. The molecule has 2 aromatic rings. The molecule has 33 heavy (non-hydrogen) atoms. The minimum atomic E-state index is -0.596. The van der Waals surface area contributed by atoms with Crippen LogP contribution < -0.4 is 4.90 Å². The number of benzene rings is 1. The van der Waals surface area contributed by atoms with Crippen molar-refractivity contribution in [2.45, 2.75) is 83.4 Å². The van der Waals surface area contributed by atoms with Crippen LogP contribution in [0.4, 0.5) is 10.6 Å². The monoisotopic (exact) mass is 449 g/mol. The molecule has 6 nitrogen and oxygen atoms in total. The second-order valence-electron chi connectivity index (χ2n) is 10.1. The van der Waals surface area contributed by atoms with Gasteiger partial charge in [-0.25, -0.2) is 9.78 Å². The van der Waals surface area contributed by atoms with Gasteiger partial charge in [0.25, 0.3) is 5.91 Å². The maximum absolute atomic E-state index is 13.4. The van der Waals surface area contributed by atoms with E-state index in [1.165, 1.54) is 6.42 Å². The van der Waals surface area contributed by atoms with Gasteiger partial charge in [-0.2, -0.15) is 0 Å². The maximum Gasteiger partial charge on any atom is 0.416 e. The molecule has 1 saturated carbocycles. The molecule has 2 amide bonds. The van der Waals surface area contributed by atoms with E-state index in [-0.39, 0.29) is 24.1 Å². The van der Waals surface area contributed by atoms with Crippen molar-refractivity contribution in [3.8, 4) is 0 Å². The number of carbonyl (C=O) groups is 2. The van der Waals surface area contributed by atoms with Crippen LogP contribution in [0.5, 0.6) is 0 Å². The van der Waals surface area contributed by atoms with Crippen LogP contribution in [0, 0.1) is 0 Å². The number of amides is 2. The molecule has 1 aliphatic carbocycles. The average molecular weight is 450 g/mol. The van der Waals surface area contributed by atoms with Crippen molar-refractivity contribution >= 4 is 17.8 Å². The summed E-state index contributed by atoms with van der Waals surface area (Å²) < 4.78 is 5.84. The lowest BCUT2D eigenvalue weighted by Gasteiger charge is -2.37. The molecule has 2 fully saturated rings. The lowest BCUT2D eigenvalue weighted by Crippen LogP contribution is -2.46. The minimum Gasteiger partial charge on any atom is -0.443 e. The first-order chi connectivity index (χ1) is 15.8. The molecule has 0 N–H and O–H groups in total. The molecule has 0 unspecified atom stereocenters. The first kappa shape index (κ1) is 23.3. The highest BCUT2D eigenvalue weighted by Crippen LogP contribution is 2.39. The Hall–Kier alpha value is -2.89. The summed E-state index contributed by atoms with van der Waals surface area (Å²) in [5, 5.41) is 0. The van der Waals surface area contributed by atoms with Crippen LogP contribution in [0.2, 0.25) is 0 Å². The second kappa shape index (κ2) is 9.94. The van der Waals surface area contributed by atoms with Crippen molar-refractivity contribution in [3.63, 3.8) is 0 Å². The molecule has 1 aromatic heterocycles. The molecule has 2 aliphatic rings. The van der Waals surface area contributed by atoms with Gasteiger partial charge in [-0.1, -0.05) is 43.5 Å². The van der Waals surface area contributed by atoms with Crippen LogP contribution in [-0.4, -0.2) is 40.1 Å². The molecular formula is C27H35N3O3. The van der Waals surface area contributed by atoms with Crippen molar-refractivity contribution in [2.24, 2.45) is 0 Å². The van der Waals surface area contributed by atoms with E-state index in [0.29, 0.717) is 17.9 Å². The number of pyridine rings is 1. The molecule has 2 heterocycles. The zero-order chi connectivity index (χ0) is 23.4. The molecule has 1 saturated heterocycles. The maximum atomic E-state index is 13.4. The molecular weight excluding hydrogens is 414 g/mol. The van der Waals surface area contributed by atoms with Crippen LogP contribution in [0.3, 0.4) is 0 Å². The Bertz CT molecular complexity index is 964. The van der Waals surface area contributed by atoms with Crippen LogP contribution >= 0.6 is 0 Å². The number of rotatable bonds is 4. The molecule has 4 rings (SSSR count). The third kappa shape index (κ3) is 5.37. The van der Waals surface area contributed by atoms with Gasteiger partial charge in [-0.15, -0.1) is 0 Å². The lowest BCUT2D eigenvalue weighted by atomic mass is 9.93. The average Bonchev–Trinajstić information content (AvgIpc) is 3.29. The van der Waals surface area contributed by atoms with Gasteiger partial charge in [0, 0.05) is 29.9 Å². The normalized spacial score (nSPS) is 19.4. The van der Waals surface area contributed by atoms with Gasteiger partial charge in [-0.3, -0.25) is 9.69 Å². The van der Waals surface area contributed by atoms with E-state index in [1.807, 2.05) is 68.1 Å². The van der Waals surface area contributed by atoms with Gasteiger partial charge < -0.3 is 9.64 Å². The minimum absolute atomic E-state index is 0.0226. The van der Waals surface area contributed by atoms with E-state index in [9.17, 15) is 9.59 Å². The molecule has 176 valence electrons. The Kier molecular flexibility index (Phi) is 7.01. The summed E-state index contributed by atoms with van der Waals surface area (Å²) in [7, 11) is 0. The fourth-order valence-electron chi connectivity index (χ4n) is 5.01. The van der Waals surface area contributed by atoms with Crippen molar-refractivity contribution in [1.82, 2.24) is 9.88 Å². The number of aromatic nitrogens is 1. The van der Waals surface area contributed by atoms with Gasteiger partial charge in [0.1, 0.15) is 11.4 Å². The standard InChI is InChI=1S/C27H35N3O3/c1-27(2,3)33-26(32)30(21-14-8-5-9-15-21)24-22(16-10-18-28-24)23-17-11-19-29(23)25(31)20-12-6-4-7-13-20/h4,6-7,10,12-13,16,18,21,23H,5,8-9,11,14-15,17,19H2,1-3H3/t23-/m1/s1. The number of anilines is 1. The smallest absolute Gasteiger partial charge is 0.416 e. The van der Waals surface area contributed by atoms with Crippen LogP contribution in [0.1, 0.15) is 87.7 Å². The van der Waals surface area contributed by atoms with E-state index in [1.54, 1.807) is 11.1 Å². The van der Waals surface area contributed by atoms with Gasteiger partial charge in [0.05, 0.1) is 6.04 Å². The SMILES string of the molecule is CC(C)(C)OC(=O)N(c1ncccc1[C@H]1CCCN1C(=O)c1ccccc1)C1CCCCC1. The molecule has 0 radical (unpaired) electrons. The number of likely N-dealkylation sites (tertiary alicyclic amines) is 1. The van der Waals surface area contributed by atoms with E-state index in [4.69, 9.17) is 9.72 Å². The molecule has 6 heteroatoms. The van der Waals surface area contributed by atoms with Crippen molar-refractivity contribution in [1.29, 1.82) is 0 Å². The van der Waals surface area contributed by atoms with E-state index in [0.717, 1.165) is 44.1 Å². The topological polar surface area (TPSA) is 62.7 Å². The number of hydrogen-bond acceptors (Lipinski definition) is 4. The predicted molar refractivity (Wildman–Crippen MR) is 129 cm³/mol. The Morgan fingerprint density at radius 1 is 0.970 bits per heavy atom. The summed E-state index contributed by atoms with van der Waals surface area (Å²) in [5.74, 6) is 0.658. The zero-order valence-electron chi connectivity index (χ0n) is 20.0. The molecule has 0 spiro atoms. The Morgan fingerprint density at radius 2 is 1.70 bits per heavy atom. The van der Waals surface area contributed by atoms with Gasteiger partial charge in [0.2, 0.25) is 0 Å². The second-order valence-corrected chi connectivity index (χ2v) is 10.1. The third-order valence-corrected chi connectivity index (χ3v) is 6.47. The fourth-order valence-corrected chi connectivity index (χ4v) is 5.01. The first-order valence-corrected chi connectivity index (χ1v) is 12.2. The zero-order valence-corrected chi connectivity index (χ0v) is 20.0. The van der Waals surface area contributed by atoms with Gasteiger partial charge in [-0.05, 0) is 64.7 Å². The van der Waals surface area contributed by atoms with Gasteiger partial charge >= 0.3 is 6.09 Å². The third-order valence-electron chi connectivity index (χ3n) is 6.47. The van der Waals surface area contributed by atoms with E-state index in [2.05, 4.69) is 0 Å². The molecule has 0 bridgehead atoms. The van der Waals surface area contributed by atoms with Gasteiger partial charge in [0.15, 0.2) is 0 Å². The van der Waals surface area contributed by atoms with Crippen molar-refractivity contribution in [3.05, 3.63) is 59.8 Å². The number of hydrogen-bond donors (Lipinski definition) is 0. The quantitative estimate of drug-likeness (QED) is 0.563. The first-order valence-electron chi connectivity index (χ1n) is 12.2. The highest BCUT2D eigenvalue weighted by Gasteiger charge is 2.37. The summed E-state index contributed by atoms with van der Waals surface area (Å²) in [6.45, 7) is 6.37. The Balaban J connectivity index is 1.70. The number of carbonyl (C=O) groups excluding carboxylic acids is 2. The molecule has 1 aliphatic heterocycles. The van der Waals surface area contributed by atoms with Crippen molar-refractivity contribution < 1.29 is 14.3 Å². The Labute approximate surface area is 196 Å². The van der Waals surface area contributed by atoms with Crippen molar-refractivity contribution in [2.75, 3.05) is 11.4 Å². The largest absolute Gasteiger partial charge is 0.443 e.